The van der Waals surface area contributed by atoms with Gasteiger partial charge in [0.1, 0.15) is 0 Å². The van der Waals surface area contributed by atoms with Crippen LogP contribution in [0.2, 0.25) is 0 Å². The molecule has 0 aliphatic heterocycles. The summed E-state index contributed by atoms with van der Waals surface area (Å²) in [7, 11) is 0. The number of nitrogens with zero attached hydrogens (tertiary/aromatic N) is 1. The molecule has 0 heterocycles. The van der Waals surface area contributed by atoms with Crippen molar-refractivity contribution in [3.05, 3.63) is 24.3 Å². The lowest BCUT2D eigenvalue weighted by Crippen LogP contribution is -2.11. The predicted octanol–water partition coefficient (Wildman–Crippen LogP) is 2.41. The molecule has 1 nitrogen and oxygen atoms in total. The van der Waals surface area contributed by atoms with E-state index in [1.807, 2.05) is 31.2 Å². The van der Waals surface area contributed by atoms with Crippen molar-refractivity contribution < 1.29 is 0 Å². The molecule has 0 fully saturated rings. The minimum absolute atomic E-state index is 0.0365. The second kappa shape index (κ2) is 2.59. The van der Waals surface area contributed by atoms with Gasteiger partial charge >= 0.3 is 0 Å². The van der Waals surface area contributed by atoms with Crippen LogP contribution in [0.3, 0.4) is 0 Å². The lowest BCUT2D eigenvalue weighted by Gasteiger charge is -2.16. The smallest absolute Gasteiger partial charge is 0.0825 e. The fourth-order valence-corrected chi connectivity index (χ4v) is 1.09. The van der Waals surface area contributed by atoms with Crippen LogP contribution in [0.4, 0.5) is 0 Å². The van der Waals surface area contributed by atoms with Crippen molar-refractivity contribution >= 4 is 15.9 Å². The monoisotopic (exact) mass is 197 g/mol. The third-order valence-corrected chi connectivity index (χ3v) is 1.94. The largest absolute Gasteiger partial charge is 0.197 e. The minimum atomic E-state index is -0.0413. The highest BCUT2D eigenvalue weighted by molar-refractivity contribution is 9.10. The fourth-order valence-electron chi connectivity index (χ4n) is 0.789. The van der Waals surface area contributed by atoms with Gasteiger partial charge in [0.15, 0.2) is 0 Å². The molecule has 52 valence electrons. The van der Waals surface area contributed by atoms with Gasteiger partial charge in [0.05, 0.1) is 16.3 Å². The second-order valence-corrected chi connectivity index (χ2v) is 4.23. The van der Waals surface area contributed by atoms with Crippen molar-refractivity contribution in [2.24, 2.45) is 5.92 Å². The van der Waals surface area contributed by atoms with Crippen LogP contribution >= 0.6 is 15.9 Å². The van der Waals surface area contributed by atoms with Crippen molar-refractivity contribution in [2.75, 3.05) is 0 Å². The van der Waals surface area contributed by atoms with E-state index in [1.165, 1.54) is 0 Å². The number of rotatable bonds is 0. The van der Waals surface area contributed by atoms with Gasteiger partial charge < -0.3 is 0 Å². The van der Waals surface area contributed by atoms with Crippen LogP contribution in [0.5, 0.6) is 0 Å². The summed E-state index contributed by atoms with van der Waals surface area (Å²) >= 11 is 3.47. The topological polar surface area (TPSA) is 23.8 Å². The van der Waals surface area contributed by atoms with Gasteiger partial charge in [-0.2, -0.15) is 5.26 Å². The molecule has 0 saturated heterocycles. The molecule has 0 N–H and O–H groups in total. The molecule has 0 bridgehead atoms. The van der Waals surface area contributed by atoms with Gasteiger partial charge in [-0.15, -0.1) is 0 Å². The summed E-state index contributed by atoms with van der Waals surface area (Å²) in [5.41, 5.74) is 0. The van der Waals surface area contributed by atoms with E-state index in [-0.39, 0.29) is 10.2 Å². The molecule has 0 aromatic rings. The van der Waals surface area contributed by atoms with E-state index in [0.717, 1.165) is 0 Å². The third-order valence-electron chi connectivity index (χ3n) is 1.41. The Hall–Kier alpha value is -0.550. The first-order valence-corrected chi connectivity index (χ1v) is 3.90. The third kappa shape index (κ3) is 1.71. The van der Waals surface area contributed by atoms with E-state index in [4.69, 9.17) is 5.26 Å². The molecule has 0 atom stereocenters. The lowest BCUT2D eigenvalue weighted by atomic mass is 9.99. The van der Waals surface area contributed by atoms with Gasteiger partial charge in [-0.25, -0.2) is 0 Å². The standard InChI is InChI=1S/C8H8BrN/c1-8(9)4-2-7(6-10)3-5-8/h2-5,7H,1H3. The molecular weight excluding hydrogens is 190 g/mol. The quantitative estimate of drug-likeness (QED) is 0.433. The summed E-state index contributed by atoms with van der Waals surface area (Å²) in [4.78, 5) is 0. The molecular formula is C8H8BrN. The van der Waals surface area contributed by atoms with Crippen LogP contribution in [-0.4, -0.2) is 4.32 Å². The highest BCUT2D eigenvalue weighted by Crippen LogP contribution is 2.25. The van der Waals surface area contributed by atoms with Crippen molar-refractivity contribution in [3.8, 4) is 6.07 Å². The van der Waals surface area contributed by atoms with Crippen LogP contribution in [0.25, 0.3) is 0 Å². The Balaban J connectivity index is 2.73. The molecule has 10 heavy (non-hydrogen) atoms. The first-order valence-electron chi connectivity index (χ1n) is 3.11. The van der Waals surface area contributed by atoms with Gasteiger partial charge in [-0.3, -0.25) is 0 Å². The normalized spacial score (nSPS) is 37.5. The number of nitriles is 1. The second-order valence-electron chi connectivity index (χ2n) is 2.52. The zero-order valence-corrected chi connectivity index (χ0v) is 7.30. The van der Waals surface area contributed by atoms with Gasteiger partial charge in [-0.1, -0.05) is 40.2 Å². The molecule has 0 radical (unpaired) electrons. The van der Waals surface area contributed by atoms with E-state index < -0.39 is 0 Å². The highest BCUT2D eigenvalue weighted by Gasteiger charge is 2.16. The maximum atomic E-state index is 8.49. The molecule has 2 heteroatoms. The Bertz CT molecular complexity index is 204. The molecule has 1 aliphatic carbocycles. The van der Waals surface area contributed by atoms with Gasteiger partial charge in [0.25, 0.3) is 0 Å². The molecule has 0 spiro atoms. The van der Waals surface area contributed by atoms with Crippen molar-refractivity contribution in [1.29, 1.82) is 5.26 Å². The summed E-state index contributed by atoms with van der Waals surface area (Å²) < 4.78 is -0.0413. The molecule has 1 aliphatic rings. The Labute approximate surface area is 69.2 Å². The molecule has 0 saturated carbocycles. The fraction of sp³-hybridized carbons (Fsp3) is 0.375. The zero-order chi connectivity index (χ0) is 7.61. The molecule has 0 unspecified atom stereocenters. The first-order chi connectivity index (χ1) is 4.64. The first kappa shape index (κ1) is 7.56. The average Bonchev–Trinajstić information content (AvgIpc) is 1.88. The Morgan fingerprint density at radius 3 is 2.40 bits per heavy atom. The Morgan fingerprint density at radius 2 is 2.00 bits per heavy atom. The van der Waals surface area contributed by atoms with Crippen LogP contribution in [0.15, 0.2) is 24.3 Å². The average molecular weight is 198 g/mol. The van der Waals surface area contributed by atoms with Crippen molar-refractivity contribution in [1.82, 2.24) is 0 Å². The predicted molar refractivity (Wildman–Crippen MR) is 44.7 cm³/mol. The maximum Gasteiger partial charge on any atom is 0.0825 e. The summed E-state index contributed by atoms with van der Waals surface area (Å²) in [6.45, 7) is 2.04. The van der Waals surface area contributed by atoms with Crippen molar-refractivity contribution in [3.63, 3.8) is 0 Å². The number of hydrogen-bond acceptors (Lipinski definition) is 1. The van der Waals surface area contributed by atoms with Gasteiger partial charge in [0, 0.05) is 0 Å². The van der Waals surface area contributed by atoms with E-state index in [0.29, 0.717) is 0 Å². The number of alkyl halides is 1. The van der Waals surface area contributed by atoms with Crippen molar-refractivity contribution in [2.45, 2.75) is 11.2 Å². The number of halogens is 1. The van der Waals surface area contributed by atoms with Crippen LogP contribution in [0.1, 0.15) is 6.92 Å². The lowest BCUT2D eigenvalue weighted by molar-refractivity contribution is 0.934. The molecule has 0 amide bonds. The summed E-state index contributed by atoms with van der Waals surface area (Å²) in [6, 6.07) is 2.15. The highest BCUT2D eigenvalue weighted by atomic mass is 79.9. The van der Waals surface area contributed by atoms with Crippen LogP contribution in [0, 0.1) is 17.2 Å². The maximum absolute atomic E-state index is 8.49. The Kier molecular flexibility index (Phi) is 1.96. The summed E-state index contributed by atoms with van der Waals surface area (Å²) in [5.74, 6) is -0.0365. The summed E-state index contributed by atoms with van der Waals surface area (Å²) in [6.07, 6.45) is 7.77. The number of allylic oxidation sites excluding steroid dienone is 4. The molecule has 0 aromatic carbocycles. The van der Waals surface area contributed by atoms with Crippen LogP contribution in [-0.2, 0) is 0 Å². The summed E-state index contributed by atoms with van der Waals surface area (Å²) in [5, 5.41) is 8.49. The Morgan fingerprint density at radius 1 is 1.50 bits per heavy atom. The van der Waals surface area contributed by atoms with E-state index in [2.05, 4.69) is 22.0 Å². The molecule has 1 rings (SSSR count). The molecule has 0 aromatic heterocycles. The van der Waals surface area contributed by atoms with Crippen LogP contribution < -0.4 is 0 Å². The van der Waals surface area contributed by atoms with E-state index >= 15 is 0 Å². The zero-order valence-electron chi connectivity index (χ0n) is 5.71. The minimum Gasteiger partial charge on any atom is -0.197 e. The van der Waals surface area contributed by atoms with Gasteiger partial charge in [-0.05, 0) is 6.92 Å². The van der Waals surface area contributed by atoms with E-state index in [1.54, 1.807) is 0 Å². The SMILES string of the molecule is CC1(Br)C=CC(C#N)C=C1. The van der Waals surface area contributed by atoms with Gasteiger partial charge in [0.2, 0.25) is 0 Å². The number of hydrogen-bond donors (Lipinski definition) is 0. The van der Waals surface area contributed by atoms with E-state index in [9.17, 15) is 0 Å².